The molecule has 2 N–H and O–H groups in total. The molecule has 2 aromatic rings. The maximum atomic E-state index is 13.8. The zero-order valence-electron chi connectivity index (χ0n) is 13.1. The van der Waals surface area contributed by atoms with Gasteiger partial charge in [0.1, 0.15) is 5.82 Å². The van der Waals surface area contributed by atoms with Crippen LogP contribution < -0.4 is 10.2 Å². The summed E-state index contributed by atoms with van der Waals surface area (Å²) in [4.78, 5) is 12.7. The number of hydrogen-bond donors (Lipinski definition) is 2. The van der Waals surface area contributed by atoms with Gasteiger partial charge in [-0.3, -0.25) is 4.79 Å². The van der Waals surface area contributed by atoms with E-state index in [9.17, 15) is 9.18 Å². The molecule has 0 radical (unpaired) electrons. The van der Waals surface area contributed by atoms with Crippen LogP contribution in [0, 0.1) is 10.7 Å². The lowest BCUT2D eigenvalue weighted by Crippen LogP contribution is -3.09. The summed E-state index contributed by atoms with van der Waals surface area (Å²) in [5, 5.41) is 7.02. The van der Waals surface area contributed by atoms with E-state index < -0.39 is 5.82 Å². The van der Waals surface area contributed by atoms with Crippen LogP contribution in [-0.2, 0) is 11.5 Å². The zero-order chi connectivity index (χ0) is 16.8. The Kier molecular flexibility index (Phi) is 6.00. The van der Waals surface area contributed by atoms with Crippen molar-refractivity contribution < 1.29 is 18.5 Å². The number of carbonyl (C=O) groups excluding carboxylic acids is 1. The Bertz CT molecular complexity index is 728. The molecular formula is C15H20FN4O2S+. The SMILES string of the molecule is CCCNC(=O)C[NH+](C)Cn1nc(-c2ccccc2F)oc1=S. The van der Waals surface area contributed by atoms with Crippen molar-refractivity contribution in [3.8, 4) is 11.5 Å². The van der Waals surface area contributed by atoms with Crippen LogP contribution in [-0.4, -0.2) is 35.8 Å². The normalized spacial score (nSPS) is 12.1. The average Bonchev–Trinajstić information content (AvgIpc) is 2.86. The van der Waals surface area contributed by atoms with Crippen LogP contribution in [0.25, 0.3) is 11.5 Å². The van der Waals surface area contributed by atoms with Crippen molar-refractivity contribution in [2.45, 2.75) is 20.0 Å². The molecule has 2 rings (SSSR count). The highest BCUT2D eigenvalue weighted by Gasteiger charge is 2.15. The number of quaternary nitrogens is 1. The summed E-state index contributed by atoms with van der Waals surface area (Å²) in [5.41, 5.74) is 0.260. The highest BCUT2D eigenvalue weighted by Crippen LogP contribution is 2.20. The summed E-state index contributed by atoms with van der Waals surface area (Å²) in [7, 11) is 1.85. The molecule has 0 saturated carbocycles. The summed E-state index contributed by atoms with van der Waals surface area (Å²) < 4.78 is 20.6. The van der Waals surface area contributed by atoms with Gasteiger partial charge in [0.2, 0.25) is 5.89 Å². The Balaban J connectivity index is 2.06. The van der Waals surface area contributed by atoms with Crippen molar-refractivity contribution in [2.24, 2.45) is 0 Å². The number of halogens is 1. The second-order valence-corrected chi connectivity index (χ2v) is 5.64. The summed E-state index contributed by atoms with van der Waals surface area (Å²) in [6, 6.07) is 6.21. The number of aromatic nitrogens is 2. The van der Waals surface area contributed by atoms with Gasteiger partial charge in [0.15, 0.2) is 13.2 Å². The largest absolute Gasteiger partial charge is 0.409 e. The lowest BCUT2D eigenvalue weighted by molar-refractivity contribution is -0.895. The second-order valence-electron chi connectivity index (χ2n) is 5.29. The van der Waals surface area contributed by atoms with Gasteiger partial charge in [-0.05, 0) is 30.8 Å². The quantitative estimate of drug-likeness (QED) is 0.739. The van der Waals surface area contributed by atoms with Crippen molar-refractivity contribution in [1.29, 1.82) is 0 Å². The molecule has 0 bridgehead atoms. The Morgan fingerprint density at radius 3 is 2.91 bits per heavy atom. The molecule has 23 heavy (non-hydrogen) atoms. The van der Waals surface area contributed by atoms with Crippen molar-refractivity contribution in [1.82, 2.24) is 15.1 Å². The molecule has 0 spiro atoms. The van der Waals surface area contributed by atoms with Crippen molar-refractivity contribution in [2.75, 3.05) is 20.1 Å². The summed E-state index contributed by atoms with van der Waals surface area (Å²) >= 11 is 5.12. The van der Waals surface area contributed by atoms with Crippen LogP contribution in [0.1, 0.15) is 13.3 Å². The van der Waals surface area contributed by atoms with E-state index in [1.807, 2.05) is 14.0 Å². The molecule has 0 aliphatic heterocycles. The van der Waals surface area contributed by atoms with Crippen LogP contribution in [0.4, 0.5) is 4.39 Å². The van der Waals surface area contributed by atoms with Gasteiger partial charge in [0.25, 0.3) is 10.7 Å². The molecule has 0 aliphatic rings. The fraction of sp³-hybridized carbons (Fsp3) is 0.400. The van der Waals surface area contributed by atoms with E-state index in [0.29, 0.717) is 19.8 Å². The molecule has 1 aromatic heterocycles. The molecule has 6 nitrogen and oxygen atoms in total. The summed E-state index contributed by atoms with van der Waals surface area (Å²) in [6.07, 6.45) is 0.894. The average molecular weight is 339 g/mol. The highest BCUT2D eigenvalue weighted by molar-refractivity contribution is 7.71. The molecule has 0 aliphatic carbocycles. The van der Waals surface area contributed by atoms with Crippen LogP contribution in [0.5, 0.6) is 0 Å². The van der Waals surface area contributed by atoms with Gasteiger partial charge < -0.3 is 14.6 Å². The third kappa shape index (κ3) is 4.70. The number of hydrogen-bond acceptors (Lipinski definition) is 4. The maximum Gasteiger partial charge on any atom is 0.292 e. The van der Waals surface area contributed by atoms with Gasteiger partial charge in [-0.25, -0.2) is 4.39 Å². The Morgan fingerprint density at radius 1 is 1.48 bits per heavy atom. The van der Waals surface area contributed by atoms with Gasteiger partial charge in [-0.15, -0.1) is 5.10 Å². The number of nitrogens with zero attached hydrogens (tertiary/aromatic N) is 2. The van der Waals surface area contributed by atoms with Gasteiger partial charge in [0, 0.05) is 6.54 Å². The van der Waals surface area contributed by atoms with Crippen molar-refractivity contribution in [3.63, 3.8) is 0 Å². The fourth-order valence-electron chi connectivity index (χ4n) is 2.06. The topological polar surface area (TPSA) is 64.5 Å². The number of benzene rings is 1. The van der Waals surface area contributed by atoms with Gasteiger partial charge in [-0.2, -0.15) is 4.68 Å². The maximum absolute atomic E-state index is 13.8. The van der Waals surface area contributed by atoms with E-state index in [2.05, 4.69) is 10.4 Å². The minimum atomic E-state index is -0.421. The lowest BCUT2D eigenvalue weighted by Gasteiger charge is -2.12. The van der Waals surface area contributed by atoms with Crippen LogP contribution in [0.15, 0.2) is 28.7 Å². The minimum Gasteiger partial charge on any atom is -0.409 e. The molecule has 8 heteroatoms. The Morgan fingerprint density at radius 2 is 2.22 bits per heavy atom. The first-order chi connectivity index (χ1) is 11.0. The van der Waals surface area contributed by atoms with E-state index in [1.165, 1.54) is 10.7 Å². The lowest BCUT2D eigenvalue weighted by atomic mass is 10.2. The molecule has 124 valence electrons. The van der Waals surface area contributed by atoms with E-state index in [-0.39, 0.29) is 22.2 Å². The third-order valence-electron chi connectivity index (χ3n) is 3.16. The van der Waals surface area contributed by atoms with Gasteiger partial charge in [0.05, 0.1) is 12.6 Å². The summed E-state index contributed by atoms with van der Waals surface area (Å²) in [5.74, 6) is -0.319. The van der Waals surface area contributed by atoms with E-state index in [1.54, 1.807) is 18.2 Å². The molecule has 0 fully saturated rings. The monoisotopic (exact) mass is 339 g/mol. The smallest absolute Gasteiger partial charge is 0.292 e. The summed E-state index contributed by atoms with van der Waals surface area (Å²) in [6.45, 7) is 3.31. The number of amides is 1. The van der Waals surface area contributed by atoms with Crippen molar-refractivity contribution in [3.05, 3.63) is 34.9 Å². The van der Waals surface area contributed by atoms with E-state index in [4.69, 9.17) is 16.6 Å². The van der Waals surface area contributed by atoms with E-state index >= 15 is 0 Å². The number of carbonyl (C=O) groups is 1. The number of nitrogens with one attached hydrogen (secondary N) is 2. The minimum absolute atomic E-state index is 0.0336. The standard InChI is InChI=1S/C15H19FN4O2S/c1-3-8-17-13(21)9-19(2)10-20-15(23)22-14(18-20)11-6-4-5-7-12(11)16/h4-7H,3,8-10H2,1-2H3,(H,17,21)/p+1. The Labute approximate surface area is 138 Å². The van der Waals surface area contributed by atoms with E-state index in [0.717, 1.165) is 11.3 Å². The Hall–Kier alpha value is -2.06. The van der Waals surface area contributed by atoms with Crippen molar-refractivity contribution >= 4 is 18.1 Å². The number of likely N-dealkylation sites (N-methyl/N-ethyl adjacent to an activating group) is 1. The van der Waals surface area contributed by atoms with Crippen LogP contribution in [0.2, 0.25) is 0 Å². The predicted molar refractivity (Wildman–Crippen MR) is 85.8 cm³/mol. The third-order valence-corrected chi connectivity index (χ3v) is 3.46. The molecular weight excluding hydrogens is 319 g/mol. The molecule has 1 amide bonds. The fourth-order valence-corrected chi connectivity index (χ4v) is 2.25. The first-order valence-electron chi connectivity index (χ1n) is 7.42. The molecule has 1 aromatic carbocycles. The first-order valence-corrected chi connectivity index (χ1v) is 7.83. The van der Waals surface area contributed by atoms with Gasteiger partial charge in [-0.1, -0.05) is 19.1 Å². The molecule has 0 saturated heterocycles. The predicted octanol–water partition coefficient (Wildman–Crippen LogP) is 1.01. The van der Waals surface area contributed by atoms with Crippen LogP contribution in [0.3, 0.4) is 0 Å². The van der Waals surface area contributed by atoms with Gasteiger partial charge >= 0.3 is 0 Å². The van der Waals surface area contributed by atoms with Crippen LogP contribution >= 0.6 is 12.2 Å². The second kappa shape index (κ2) is 7.98. The molecule has 1 unspecified atom stereocenters. The number of rotatable bonds is 7. The zero-order valence-corrected chi connectivity index (χ0v) is 14.0. The highest BCUT2D eigenvalue weighted by atomic mass is 32.1. The first kappa shape index (κ1) is 17.3. The molecule has 1 heterocycles. The molecule has 1 atom stereocenters.